The zero-order chi connectivity index (χ0) is 14.3. The van der Waals surface area contributed by atoms with Crippen molar-refractivity contribution < 1.29 is 14.6 Å². The van der Waals surface area contributed by atoms with Crippen molar-refractivity contribution in [1.82, 2.24) is 0 Å². The maximum absolute atomic E-state index is 11.5. The molecule has 1 N–H and O–H groups in total. The molecule has 0 saturated heterocycles. The van der Waals surface area contributed by atoms with Crippen LogP contribution in [0.4, 0.5) is 0 Å². The van der Waals surface area contributed by atoms with Crippen molar-refractivity contribution in [2.75, 3.05) is 6.61 Å². The Balaban J connectivity index is 2.51. The molecule has 1 aliphatic rings. The molecule has 19 heavy (non-hydrogen) atoms. The van der Waals surface area contributed by atoms with Crippen molar-refractivity contribution in [3.8, 4) is 11.8 Å². The van der Waals surface area contributed by atoms with Gasteiger partial charge in [0, 0.05) is 11.8 Å². The first-order valence-corrected chi connectivity index (χ1v) is 6.24. The van der Waals surface area contributed by atoms with E-state index in [0.717, 1.165) is 23.3 Å². The summed E-state index contributed by atoms with van der Waals surface area (Å²) in [6.45, 7) is 5.72. The SMILES string of the molecule is CC(C#N)(C(=O)O)C(C)(C)c1ccc2c(c1)CCO2. The number of aliphatic carboxylic acids is 1. The summed E-state index contributed by atoms with van der Waals surface area (Å²) in [6.07, 6.45) is 0.829. The van der Waals surface area contributed by atoms with Crippen molar-refractivity contribution in [2.24, 2.45) is 5.41 Å². The van der Waals surface area contributed by atoms with Crippen molar-refractivity contribution in [2.45, 2.75) is 32.6 Å². The molecule has 1 atom stereocenters. The van der Waals surface area contributed by atoms with E-state index < -0.39 is 16.8 Å². The van der Waals surface area contributed by atoms with Gasteiger partial charge in [0.15, 0.2) is 5.41 Å². The number of ether oxygens (including phenoxy) is 1. The van der Waals surface area contributed by atoms with Crippen LogP contribution in [0.3, 0.4) is 0 Å². The Bertz CT molecular complexity index is 571. The summed E-state index contributed by atoms with van der Waals surface area (Å²) in [5, 5.41) is 18.7. The van der Waals surface area contributed by atoms with Crippen molar-refractivity contribution in [3.63, 3.8) is 0 Å². The zero-order valence-corrected chi connectivity index (χ0v) is 11.4. The predicted molar refractivity (Wildman–Crippen MR) is 70.0 cm³/mol. The van der Waals surface area contributed by atoms with Crippen LogP contribution in [0.5, 0.6) is 5.75 Å². The molecular weight excluding hydrogens is 242 g/mol. The van der Waals surface area contributed by atoms with Crippen LogP contribution >= 0.6 is 0 Å². The fraction of sp³-hybridized carbons (Fsp3) is 0.467. The van der Waals surface area contributed by atoms with E-state index in [9.17, 15) is 15.2 Å². The number of fused-ring (bicyclic) bond motifs is 1. The molecule has 1 aliphatic heterocycles. The normalized spacial score (nSPS) is 16.9. The second-order valence-corrected chi connectivity index (χ2v) is 5.59. The maximum atomic E-state index is 11.5. The number of hydrogen-bond acceptors (Lipinski definition) is 3. The lowest BCUT2D eigenvalue weighted by Gasteiger charge is -2.36. The second-order valence-electron chi connectivity index (χ2n) is 5.59. The predicted octanol–water partition coefficient (Wildman–Crippen LogP) is 2.51. The highest BCUT2D eigenvalue weighted by Crippen LogP contribution is 2.43. The smallest absolute Gasteiger partial charge is 0.324 e. The van der Waals surface area contributed by atoms with Gasteiger partial charge >= 0.3 is 5.97 Å². The lowest BCUT2D eigenvalue weighted by molar-refractivity contribution is -0.147. The van der Waals surface area contributed by atoms with Crippen molar-refractivity contribution in [3.05, 3.63) is 29.3 Å². The highest BCUT2D eigenvalue weighted by atomic mass is 16.5. The first-order valence-electron chi connectivity index (χ1n) is 6.24. The van der Waals surface area contributed by atoms with Gasteiger partial charge in [-0.1, -0.05) is 26.0 Å². The van der Waals surface area contributed by atoms with Gasteiger partial charge in [-0.3, -0.25) is 4.79 Å². The van der Waals surface area contributed by atoms with Gasteiger partial charge in [0.25, 0.3) is 0 Å². The van der Waals surface area contributed by atoms with Gasteiger partial charge in [0.2, 0.25) is 0 Å². The molecule has 100 valence electrons. The van der Waals surface area contributed by atoms with E-state index in [4.69, 9.17) is 4.74 Å². The summed E-state index contributed by atoms with van der Waals surface area (Å²) in [6, 6.07) is 7.62. The molecule has 0 amide bonds. The molecule has 0 fully saturated rings. The monoisotopic (exact) mass is 259 g/mol. The van der Waals surface area contributed by atoms with Gasteiger partial charge in [0.1, 0.15) is 5.75 Å². The third kappa shape index (κ3) is 1.86. The van der Waals surface area contributed by atoms with Gasteiger partial charge in [-0.05, 0) is 24.1 Å². The van der Waals surface area contributed by atoms with E-state index >= 15 is 0 Å². The summed E-state index contributed by atoms with van der Waals surface area (Å²) < 4.78 is 5.44. The number of hydrogen-bond donors (Lipinski definition) is 1. The molecule has 0 radical (unpaired) electrons. The first-order chi connectivity index (χ1) is 8.83. The van der Waals surface area contributed by atoms with Crippen LogP contribution in [-0.2, 0) is 16.6 Å². The Morgan fingerprint density at radius 3 is 2.68 bits per heavy atom. The van der Waals surface area contributed by atoms with Crippen LogP contribution < -0.4 is 4.74 Å². The molecule has 4 nitrogen and oxygen atoms in total. The van der Waals surface area contributed by atoms with E-state index in [1.807, 2.05) is 24.3 Å². The second kappa shape index (κ2) is 4.27. The molecule has 4 heteroatoms. The van der Waals surface area contributed by atoms with Gasteiger partial charge in [-0.15, -0.1) is 0 Å². The Hall–Kier alpha value is -2.02. The van der Waals surface area contributed by atoms with E-state index in [1.165, 1.54) is 6.92 Å². The summed E-state index contributed by atoms with van der Waals surface area (Å²) in [4.78, 5) is 11.5. The van der Waals surface area contributed by atoms with Gasteiger partial charge in [-0.2, -0.15) is 5.26 Å². The molecule has 1 aromatic rings. The lowest BCUT2D eigenvalue weighted by Crippen LogP contribution is -2.44. The standard InChI is InChI=1S/C15H17NO3/c1-14(2,15(3,9-16)13(17)18)11-4-5-12-10(8-11)6-7-19-12/h4-5,8H,6-7H2,1-3H3,(H,17,18). The maximum Gasteiger partial charge on any atom is 0.324 e. The molecule has 1 aromatic carbocycles. The van der Waals surface area contributed by atoms with Crippen LogP contribution in [0.1, 0.15) is 31.9 Å². The van der Waals surface area contributed by atoms with Gasteiger partial charge < -0.3 is 9.84 Å². The number of benzene rings is 1. The fourth-order valence-corrected chi connectivity index (χ4v) is 2.32. The van der Waals surface area contributed by atoms with Crippen LogP contribution in [0.15, 0.2) is 18.2 Å². The molecule has 0 spiro atoms. The van der Waals surface area contributed by atoms with Gasteiger partial charge in [0.05, 0.1) is 12.7 Å². The molecule has 2 rings (SSSR count). The largest absolute Gasteiger partial charge is 0.493 e. The van der Waals surface area contributed by atoms with Crippen molar-refractivity contribution >= 4 is 5.97 Å². The number of carboxylic acids is 1. The Labute approximate surface area is 112 Å². The average molecular weight is 259 g/mol. The van der Waals surface area contributed by atoms with Gasteiger partial charge in [-0.25, -0.2) is 0 Å². The minimum absolute atomic E-state index is 0.660. The Kier molecular flexibility index (Phi) is 3.01. The topological polar surface area (TPSA) is 70.3 Å². The zero-order valence-electron chi connectivity index (χ0n) is 11.4. The molecule has 0 aliphatic carbocycles. The molecule has 0 aromatic heterocycles. The number of carbonyl (C=O) groups is 1. The molecule has 0 saturated carbocycles. The van der Waals surface area contributed by atoms with Crippen molar-refractivity contribution in [1.29, 1.82) is 5.26 Å². The lowest BCUT2D eigenvalue weighted by atomic mass is 9.63. The van der Waals surface area contributed by atoms with E-state index in [2.05, 4.69) is 0 Å². The number of nitriles is 1. The van der Waals surface area contributed by atoms with E-state index in [1.54, 1.807) is 13.8 Å². The average Bonchev–Trinajstić information content (AvgIpc) is 2.84. The molecular formula is C15H17NO3. The Morgan fingerprint density at radius 2 is 2.11 bits per heavy atom. The first kappa shape index (κ1) is 13.4. The minimum atomic E-state index is -1.47. The number of carboxylic acid groups (broad SMARTS) is 1. The van der Waals surface area contributed by atoms with E-state index in [-0.39, 0.29) is 0 Å². The highest BCUT2D eigenvalue weighted by molar-refractivity contribution is 5.80. The summed E-state index contributed by atoms with van der Waals surface area (Å²) in [7, 11) is 0. The minimum Gasteiger partial charge on any atom is -0.493 e. The highest BCUT2D eigenvalue weighted by Gasteiger charge is 2.49. The molecule has 1 unspecified atom stereocenters. The van der Waals surface area contributed by atoms with Crippen LogP contribution in [-0.4, -0.2) is 17.7 Å². The third-order valence-corrected chi connectivity index (χ3v) is 4.31. The molecule has 0 bridgehead atoms. The summed E-state index contributed by atoms with van der Waals surface area (Å²) in [5.41, 5.74) is -0.328. The quantitative estimate of drug-likeness (QED) is 0.905. The number of rotatable bonds is 3. The Morgan fingerprint density at radius 1 is 1.42 bits per heavy atom. The van der Waals surface area contributed by atoms with Crippen LogP contribution in [0.2, 0.25) is 0 Å². The van der Waals surface area contributed by atoms with E-state index in [0.29, 0.717) is 6.61 Å². The molecule has 1 heterocycles. The van der Waals surface area contributed by atoms with Crippen LogP contribution in [0.25, 0.3) is 0 Å². The summed E-state index contributed by atoms with van der Waals surface area (Å²) in [5.74, 6) is -0.245. The summed E-state index contributed by atoms with van der Waals surface area (Å²) >= 11 is 0. The fourth-order valence-electron chi connectivity index (χ4n) is 2.32. The third-order valence-electron chi connectivity index (χ3n) is 4.31. The van der Waals surface area contributed by atoms with Crippen LogP contribution in [0, 0.1) is 16.7 Å². The number of nitrogens with zero attached hydrogens (tertiary/aromatic N) is 1.